The van der Waals surface area contributed by atoms with Crippen molar-refractivity contribution in [3.8, 4) is 0 Å². The summed E-state index contributed by atoms with van der Waals surface area (Å²) in [6.45, 7) is 10.2. The first-order valence-electron chi connectivity index (χ1n) is 5.21. The second-order valence-corrected chi connectivity index (χ2v) is 4.26. The van der Waals surface area contributed by atoms with E-state index in [1.54, 1.807) is 6.92 Å². The van der Waals surface area contributed by atoms with Crippen LogP contribution < -0.4 is 0 Å². The Hall–Kier alpha value is -0.570. The van der Waals surface area contributed by atoms with E-state index in [9.17, 15) is 4.79 Å². The van der Waals surface area contributed by atoms with E-state index in [4.69, 9.17) is 9.47 Å². The van der Waals surface area contributed by atoms with Gasteiger partial charge >= 0.3 is 5.97 Å². The molecule has 0 aromatic heterocycles. The van der Waals surface area contributed by atoms with Crippen LogP contribution in [0.4, 0.5) is 0 Å². The maximum atomic E-state index is 11.1. The van der Waals surface area contributed by atoms with Crippen molar-refractivity contribution in [3.05, 3.63) is 0 Å². The summed E-state index contributed by atoms with van der Waals surface area (Å²) in [7, 11) is 0. The zero-order chi connectivity index (χ0) is 11.2. The highest BCUT2D eigenvalue weighted by Crippen LogP contribution is 2.15. The first-order valence-corrected chi connectivity index (χ1v) is 5.21. The number of carbonyl (C=O) groups excluding carboxylic acids is 1. The number of hydrogen-bond acceptors (Lipinski definition) is 3. The zero-order valence-corrected chi connectivity index (χ0v) is 9.92. The van der Waals surface area contributed by atoms with E-state index < -0.39 is 5.60 Å². The molecule has 14 heavy (non-hydrogen) atoms. The van der Waals surface area contributed by atoms with Crippen molar-refractivity contribution >= 4 is 5.97 Å². The second kappa shape index (κ2) is 6.02. The van der Waals surface area contributed by atoms with E-state index in [-0.39, 0.29) is 12.1 Å². The van der Waals surface area contributed by atoms with E-state index in [0.717, 1.165) is 6.42 Å². The molecule has 0 bridgehead atoms. The lowest BCUT2D eigenvalue weighted by atomic mass is 10.1. The summed E-state index contributed by atoms with van der Waals surface area (Å²) in [5.41, 5.74) is -0.415. The van der Waals surface area contributed by atoms with Gasteiger partial charge in [-0.1, -0.05) is 6.92 Å². The molecule has 84 valence electrons. The van der Waals surface area contributed by atoms with Gasteiger partial charge in [0.1, 0.15) is 5.60 Å². The second-order valence-electron chi connectivity index (χ2n) is 4.26. The highest BCUT2D eigenvalue weighted by Gasteiger charge is 2.21. The van der Waals surface area contributed by atoms with Gasteiger partial charge in [-0.25, -0.2) is 0 Å². The molecule has 0 saturated heterocycles. The predicted molar refractivity (Wildman–Crippen MR) is 56.2 cm³/mol. The number of ether oxygens (including phenoxy) is 2. The Balaban J connectivity index is 3.77. The molecule has 0 rings (SSSR count). The summed E-state index contributed by atoms with van der Waals surface area (Å²) in [5.74, 6) is -0.153. The van der Waals surface area contributed by atoms with Gasteiger partial charge in [0.15, 0.2) is 0 Å². The molecule has 0 aliphatic carbocycles. The number of esters is 1. The monoisotopic (exact) mass is 202 g/mol. The topological polar surface area (TPSA) is 35.5 Å². The van der Waals surface area contributed by atoms with E-state index in [1.807, 2.05) is 27.7 Å². The van der Waals surface area contributed by atoms with Crippen LogP contribution in [-0.4, -0.2) is 24.3 Å². The summed E-state index contributed by atoms with van der Waals surface area (Å²) in [6.07, 6.45) is 1.39. The molecular weight excluding hydrogens is 180 g/mol. The Morgan fingerprint density at radius 1 is 1.36 bits per heavy atom. The van der Waals surface area contributed by atoms with E-state index in [1.165, 1.54) is 0 Å². The van der Waals surface area contributed by atoms with E-state index in [2.05, 4.69) is 0 Å². The molecule has 3 heteroatoms. The van der Waals surface area contributed by atoms with Crippen molar-refractivity contribution in [1.29, 1.82) is 0 Å². The number of hydrogen-bond donors (Lipinski definition) is 0. The lowest BCUT2D eigenvalue weighted by molar-refractivity contribution is -0.157. The molecule has 0 fully saturated rings. The summed E-state index contributed by atoms with van der Waals surface area (Å²) < 4.78 is 10.7. The standard InChI is InChI=1S/C11H22O3/c1-6-10(12)14-11(4,5)7-8-13-9(2)3/h9H,6-8H2,1-5H3. The Labute approximate surface area is 86.8 Å². The third kappa shape index (κ3) is 6.89. The van der Waals surface area contributed by atoms with Crippen molar-refractivity contribution in [2.24, 2.45) is 0 Å². The fourth-order valence-electron chi connectivity index (χ4n) is 0.972. The molecule has 0 radical (unpaired) electrons. The smallest absolute Gasteiger partial charge is 0.306 e. The van der Waals surface area contributed by atoms with Crippen LogP contribution >= 0.6 is 0 Å². The van der Waals surface area contributed by atoms with Crippen molar-refractivity contribution in [1.82, 2.24) is 0 Å². The lowest BCUT2D eigenvalue weighted by Crippen LogP contribution is -2.29. The average Bonchev–Trinajstić information content (AvgIpc) is 2.02. The Bertz CT molecular complexity index is 173. The third-order valence-electron chi connectivity index (χ3n) is 1.83. The third-order valence-corrected chi connectivity index (χ3v) is 1.83. The van der Waals surface area contributed by atoms with Crippen LogP contribution in [-0.2, 0) is 14.3 Å². The molecule has 0 heterocycles. The summed E-state index contributed by atoms with van der Waals surface area (Å²) in [4.78, 5) is 11.1. The van der Waals surface area contributed by atoms with Crippen LogP contribution in [0, 0.1) is 0 Å². The number of carbonyl (C=O) groups is 1. The molecule has 0 spiro atoms. The minimum absolute atomic E-state index is 0.153. The zero-order valence-electron chi connectivity index (χ0n) is 9.92. The van der Waals surface area contributed by atoms with Crippen molar-refractivity contribution in [3.63, 3.8) is 0 Å². The van der Waals surface area contributed by atoms with Crippen LogP contribution in [0.2, 0.25) is 0 Å². The molecule has 0 unspecified atom stereocenters. The van der Waals surface area contributed by atoms with Crippen LogP contribution in [0.1, 0.15) is 47.5 Å². The molecule has 3 nitrogen and oxygen atoms in total. The molecule has 0 aliphatic heterocycles. The van der Waals surface area contributed by atoms with Crippen molar-refractivity contribution in [2.75, 3.05) is 6.61 Å². The molecule has 0 aliphatic rings. The minimum Gasteiger partial charge on any atom is -0.460 e. The summed E-state index contributed by atoms with van der Waals surface area (Å²) in [5, 5.41) is 0. The average molecular weight is 202 g/mol. The minimum atomic E-state index is -0.415. The maximum Gasteiger partial charge on any atom is 0.306 e. The predicted octanol–water partition coefficient (Wildman–Crippen LogP) is 2.53. The highest BCUT2D eigenvalue weighted by molar-refractivity contribution is 5.69. The fraction of sp³-hybridized carbons (Fsp3) is 0.909. The van der Waals surface area contributed by atoms with E-state index in [0.29, 0.717) is 13.0 Å². The van der Waals surface area contributed by atoms with Gasteiger partial charge in [-0.15, -0.1) is 0 Å². The normalized spacial score (nSPS) is 11.9. The van der Waals surface area contributed by atoms with Gasteiger partial charge < -0.3 is 9.47 Å². The Morgan fingerprint density at radius 3 is 2.36 bits per heavy atom. The molecule has 0 amide bonds. The molecular formula is C11H22O3. The molecule has 0 saturated carbocycles. The van der Waals surface area contributed by atoms with Gasteiger partial charge in [0, 0.05) is 12.8 Å². The van der Waals surface area contributed by atoms with Gasteiger partial charge in [0.25, 0.3) is 0 Å². The SMILES string of the molecule is CCC(=O)OC(C)(C)CCOC(C)C. The molecule has 0 N–H and O–H groups in total. The largest absolute Gasteiger partial charge is 0.460 e. The van der Waals surface area contributed by atoms with Crippen LogP contribution in [0.5, 0.6) is 0 Å². The van der Waals surface area contributed by atoms with Gasteiger partial charge in [0.05, 0.1) is 12.7 Å². The quantitative estimate of drug-likeness (QED) is 0.621. The van der Waals surface area contributed by atoms with Gasteiger partial charge in [-0.3, -0.25) is 4.79 Å². The van der Waals surface area contributed by atoms with Crippen molar-refractivity contribution < 1.29 is 14.3 Å². The van der Waals surface area contributed by atoms with Crippen LogP contribution in [0.3, 0.4) is 0 Å². The Morgan fingerprint density at radius 2 is 1.93 bits per heavy atom. The van der Waals surface area contributed by atoms with E-state index >= 15 is 0 Å². The van der Waals surface area contributed by atoms with Gasteiger partial charge in [-0.05, 0) is 27.7 Å². The summed E-state index contributed by atoms with van der Waals surface area (Å²) >= 11 is 0. The highest BCUT2D eigenvalue weighted by atomic mass is 16.6. The maximum absolute atomic E-state index is 11.1. The van der Waals surface area contributed by atoms with Gasteiger partial charge in [0.2, 0.25) is 0 Å². The fourth-order valence-corrected chi connectivity index (χ4v) is 0.972. The molecule has 0 atom stereocenters. The number of rotatable bonds is 6. The first-order chi connectivity index (χ1) is 6.37. The van der Waals surface area contributed by atoms with Gasteiger partial charge in [-0.2, -0.15) is 0 Å². The van der Waals surface area contributed by atoms with Crippen LogP contribution in [0.15, 0.2) is 0 Å². The first kappa shape index (κ1) is 13.4. The lowest BCUT2D eigenvalue weighted by Gasteiger charge is -2.25. The Kier molecular flexibility index (Phi) is 5.77. The van der Waals surface area contributed by atoms with Crippen molar-refractivity contribution in [2.45, 2.75) is 59.2 Å². The molecule has 0 aromatic rings. The van der Waals surface area contributed by atoms with Crippen LogP contribution in [0.25, 0.3) is 0 Å². The summed E-state index contributed by atoms with van der Waals surface area (Å²) in [6, 6.07) is 0. The molecule has 0 aromatic carbocycles.